The maximum absolute atomic E-state index is 12.2. The molecule has 0 unspecified atom stereocenters. The van der Waals surface area contributed by atoms with Crippen molar-refractivity contribution in [1.82, 2.24) is 15.1 Å². The van der Waals surface area contributed by atoms with Crippen LogP contribution in [0.3, 0.4) is 0 Å². The van der Waals surface area contributed by atoms with Crippen LogP contribution in [0.2, 0.25) is 0 Å². The van der Waals surface area contributed by atoms with Gasteiger partial charge in [-0.05, 0) is 19.9 Å². The van der Waals surface area contributed by atoms with Crippen LogP contribution >= 0.6 is 0 Å². The molecule has 6 heteroatoms. The Kier molecular flexibility index (Phi) is 4.13. The van der Waals surface area contributed by atoms with Crippen molar-refractivity contribution in [2.45, 2.75) is 45.8 Å². The largest absolute Gasteiger partial charge is 0.387 e. The van der Waals surface area contributed by atoms with Crippen LogP contribution in [-0.4, -0.2) is 45.7 Å². The number of amides is 1. The first-order chi connectivity index (χ1) is 9.71. The monoisotopic (exact) mass is 295 g/mol. The van der Waals surface area contributed by atoms with Gasteiger partial charge in [0.2, 0.25) is 0 Å². The molecule has 1 aromatic heterocycles. The topological polar surface area (TPSA) is 76.4 Å². The lowest BCUT2D eigenvalue weighted by Gasteiger charge is -2.57. The third-order valence-corrected chi connectivity index (χ3v) is 4.67. The summed E-state index contributed by atoms with van der Waals surface area (Å²) in [6.07, 6.45) is 0.571. The molecular weight excluding hydrogens is 270 g/mol. The summed E-state index contributed by atoms with van der Waals surface area (Å²) < 4.78 is 7.16. The van der Waals surface area contributed by atoms with Crippen molar-refractivity contribution in [3.63, 3.8) is 0 Å². The molecule has 1 aromatic rings. The summed E-state index contributed by atoms with van der Waals surface area (Å²) in [6.45, 7) is 8.57. The van der Waals surface area contributed by atoms with Crippen LogP contribution in [0, 0.1) is 12.3 Å². The highest BCUT2D eigenvalue weighted by Gasteiger charge is 2.59. The Morgan fingerprint density at radius 1 is 1.62 bits per heavy atom. The number of nitrogens with one attached hydrogen (secondary N) is 1. The third-order valence-electron chi connectivity index (χ3n) is 4.67. The summed E-state index contributed by atoms with van der Waals surface area (Å²) in [5, 5.41) is 17.6. The van der Waals surface area contributed by atoms with Gasteiger partial charge in [-0.2, -0.15) is 5.10 Å². The Bertz CT molecular complexity index is 538. The second-order valence-electron chi connectivity index (χ2n) is 6.38. The van der Waals surface area contributed by atoms with Gasteiger partial charge in [0.25, 0.3) is 5.91 Å². The van der Waals surface area contributed by atoms with E-state index in [2.05, 4.69) is 10.4 Å². The van der Waals surface area contributed by atoms with E-state index < -0.39 is 5.60 Å². The fourth-order valence-electron chi connectivity index (χ4n) is 2.90. The SMILES string of the molecule is CCO[C@@H]1C[C@](O)(CNC(=O)c2cc(C)nn2C)C1(C)C. The summed E-state index contributed by atoms with van der Waals surface area (Å²) >= 11 is 0. The van der Waals surface area contributed by atoms with Crippen molar-refractivity contribution in [2.75, 3.05) is 13.2 Å². The molecule has 0 saturated heterocycles. The highest BCUT2D eigenvalue weighted by Crippen LogP contribution is 2.50. The molecule has 0 aromatic carbocycles. The normalized spacial score (nSPS) is 27.2. The standard InChI is InChI=1S/C15H25N3O3/c1-6-21-12-8-15(20,14(12,3)4)9-16-13(19)11-7-10(2)17-18(11)5/h7,12,20H,6,8-9H2,1-5H3,(H,16,19)/t12-,15+/m1/s1. The number of aliphatic hydroxyl groups is 1. The molecular formula is C15H25N3O3. The first-order valence-corrected chi connectivity index (χ1v) is 7.34. The lowest BCUT2D eigenvalue weighted by molar-refractivity contribution is -0.237. The molecule has 1 aliphatic rings. The number of carbonyl (C=O) groups is 1. The molecule has 6 nitrogen and oxygen atoms in total. The number of rotatable bonds is 5. The second kappa shape index (κ2) is 5.42. The van der Waals surface area contributed by atoms with Crippen LogP contribution < -0.4 is 5.32 Å². The summed E-state index contributed by atoms with van der Waals surface area (Å²) in [6, 6.07) is 1.73. The van der Waals surface area contributed by atoms with E-state index in [1.807, 2.05) is 27.7 Å². The van der Waals surface area contributed by atoms with E-state index in [0.717, 1.165) is 5.69 Å². The minimum Gasteiger partial charge on any atom is -0.387 e. The Balaban J connectivity index is 1.97. The van der Waals surface area contributed by atoms with Gasteiger partial charge < -0.3 is 15.2 Å². The van der Waals surface area contributed by atoms with Crippen LogP contribution in [0.25, 0.3) is 0 Å². The number of hydrogen-bond acceptors (Lipinski definition) is 4. The molecule has 2 N–H and O–H groups in total. The second-order valence-corrected chi connectivity index (χ2v) is 6.38. The van der Waals surface area contributed by atoms with Gasteiger partial charge in [0.05, 0.1) is 17.4 Å². The molecule has 1 saturated carbocycles. The summed E-state index contributed by atoms with van der Waals surface area (Å²) in [7, 11) is 1.73. The minimum absolute atomic E-state index is 0.0309. The smallest absolute Gasteiger partial charge is 0.269 e. The van der Waals surface area contributed by atoms with Gasteiger partial charge >= 0.3 is 0 Å². The average molecular weight is 295 g/mol. The molecule has 0 radical (unpaired) electrons. The fourth-order valence-corrected chi connectivity index (χ4v) is 2.90. The van der Waals surface area contributed by atoms with Gasteiger partial charge in [-0.25, -0.2) is 0 Å². The number of ether oxygens (including phenoxy) is 1. The Labute approximate surface area is 125 Å². The summed E-state index contributed by atoms with van der Waals surface area (Å²) in [5.41, 5.74) is -0.0224. The van der Waals surface area contributed by atoms with Gasteiger partial charge in [0.15, 0.2) is 0 Å². The summed E-state index contributed by atoms with van der Waals surface area (Å²) in [5.74, 6) is -0.220. The number of aryl methyl sites for hydroxylation is 2. The first-order valence-electron chi connectivity index (χ1n) is 7.34. The van der Waals surface area contributed by atoms with Gasteiger partial charge in [0.1, 0.15) is 5.69 Å². The third kappa shape index (κ3) is 2.70. The summed E-state index contributed by atoms with van der Waals surface area (Å²) in [4.78, 5) is 12.2. The van der Waals surface area contributed by atoms with E-state index >= 15 is 0 Å². The minimum atomic E-state index is -0.934. The molecule has 21 heavy (non-hydrogen) atoms. The van der Waals surface area contributed by atoms with Crippen molar-refractivity contribution in [1.29, 1.82) is 0 Å². The van der Waals surface area contributed by atoms with Crippen LogP contribution in [-0.2, 0) is 11.8 Å². The van der Waals surface area contributed by atoms with Crippen LogP contribution in [0.15, 0.2) is 6.07 Å². The lowest BCUT2D eigenvalue weighted by atomic mass is 9.56. The Morgan fingerprint density at radius 3 is 2.76 bits per heavy atom. The van der Waals surface area contributed by atoms with E-state index in [1.54, 1.807) is 17.8 Å². The van der Waals surface area contributed by atoms with E-state index in [0.29, 0.717) is 18.7 Å². The van der Waals surface area contributed by atoms with Crippen molar-refractivity contribution >= 4 is 5.91 Å². The van der Waals surface area contributed by atoms with E-state index in [-0.39, 0.29) is 24.0 Å². The van der Waals surface area contributed by atoms with E-state index in [4.69, 9.17) is 4.74 Å². The van der Waals surface area contributed by atoms with E-state index in [1.165, 1.54) is 0 Å². The molecule has 2 atom stereocenters. The fraction of sp³-hybridized carbons (Fsp3) is 0.733. The molecule has 1 heterocycles. The van der Waals surface area contributed by atoms with Gasteiger partial charge in [-0.3, -0.25) is 9.48 Å². The zero-order valence-corrected chi connectivity index (χ0v) is 13.4. The number of carbonyl (C=O) groups excluding carboxylic acids is 1. The molecule has 1 amide bonds. The molecule has 118 valence electrons. The predicted octanol–water partition coefficient (Wildman–Crippen LogP) is 1.02. The Morgan fingerprint density at radius 2 is 2.29 bits per heavy atom. The zero-order valence-electron chi connectivity index (χ0n) is 13.4. The average Bonchev–Trinajstić information content (AvgIpc) is 2.75. The molecule has 0 bridgehead atoms. The number of aromatic nitrogens is 2. The molecule has 1 aliphatic carbocycles. The van der Waals surface area contributed by atoms with Crippen LogP contribution in [0.5, 0.6) is 0 Å². The number of nitrogens with zero attached hydrogens (tertiary/aromatic N) is 2. The van der Waals surface area contributed by atoms with Gasteiger partial charge in [-0.1, -0.05) is 13.8 Å². The van der Waals surface area contributed by atoms with Crippen molar-refractivity contribution in [2.24, 2.45) is 12.5 Å². The van der Waals surface area contributed by atoms with Crippen molar-refractivity contribution < 1.29 is 14.6 Å². The molecule has 1 fully saturated rings. The van der Waals surface area contributed by atoms with Gasteiger partial charge in [-0.15, -0.1) is 0 Å². The van der Waals surface area contributed by atoms with Crippen molar-refractivity contribution in [3.05, 3.63) is 17.5 Å². The highest BCUT2D eigenvalue weighted by molar-refractivity contribution is 5.92. The van der Waals surface area contributed by atoms with E-state index in [9.17, 15) is 9.90 Å². The molecule has 2 rings (SSSR count). The first kappa shape index (κ1) is 16.0. The van der Waals surface area contributed by atoms with Crippen molar-refractivity contribution in [3.8, 4) is 0 Å². The predicted molar refractivity (Wildman–Crippen MR) is 79.0 cm³/mol. The molecule has 0 spiro atoms. The van der Waals surface area contributed by atoms with Crippen LogP contribution in [0.4, 0.5) is 0 Å². The quantitative estimate of drug-likeness (QED) is 0.850. The Hall–Kier alpha value is -1.40. The molecule has 0 aliphatic heterocycles. The zero-order chi connectivity index (χ0) is 15.8. The maximum atomic E-state index is 12.2. The lowest BCUT2D eigenvalue weighted by Crippen LogP contribution is -2.68. The maximum Gasteiger partial charge on any atom is 0.269 e. The van der Waals surface area contributed by atoms with Crippen LogP contribution in [0.1, 0.15) is 43.4 Å². The highest BCUT2D eigenvalue weighted by atomic mass is 16.5. The number of hydrogen-bond donors (Lipinski definition) is 2. The van der Waals surface area contributed by atoms with Gasteiger partial charge in [0, 0.05) is 32.0 Å².